The van der Waals surface area contributed by atoms with Gasteiger partial charge in [-0.15, -0.1) is 0 Å². The molecule has 0 aliphatic heterocycles. The zero-order valence-electron chi connectivity index (χ0n) is 22.5. The summed E-state index contributed by atoms with van der Waals surface area (Å²) in [4.78, 5) is 32.0. The second kappa shape index (κ2) is 13.8. The Morgan fingerprint density at radius 2 is 1.79 bits per heavy atom. The fraction of sp³-hybridized carbons (Fsp3) is 0.406. The highest BCUT2D eigenvalue weighted by atomic mass is 16.6. The number of benzene rings is 2. The first kappa shape index (κ1) is 27.4. The van der Waals surface area contributed by atoms with Gasteiger partial charge in [-0.25, -0.2) is 4.79 Å². The van der Waals surface area contributed by atoms with E-state index in [-0.39, 0.29) is 29.9 Å². The molecule has 3 atom stereocenters. The Bertz CT molecular complexity index is 1150. The average Bonchev–Trinajstić information content (AvgIpc) is 2.96. The number of nitrogens with one attached hydrogen (secondary N) is 1. The summed E-state index contributed by atoms with van der Waals surface area (Å²) >= 11 is 0. The molecule has 1 fully saturated rings. The third kappa shape index (κ3) is 7.44. The van der Waals surface area contributed by atoms with E-state index in [4.69, 9.17) is 4.74 Å². The minimum Gasteiger partial charge on any atom is -0.409 e. The third-order valence-electron chi connectivity index (χ3n) is 7.42. The van der Waals surface area contributed by atoms with Crippen LogP contribution in [0.15, 0.2) is 79.1 Å². The highest BCUT2D eigenvalue weighted by Crippen LogP contribution is 2.38. The van der Waals surface area contributed by atoms with Gasteiger partial charge in [0.25, 0.3) is 0 Å². The van der Waals surface area contributed by atoms with Gasteiger partial charge in [0.05, 0.1) is 12.2 Å². The van der Waals surface area contributed by atoms with E-state index in [1.54, 1.807) is 29.4 Å². The number of hydrogen-bond donors (Lipinski definition) is 1. The summed E-state index contributed by atoms with van der Waals surface area (Å²) < 4.78 is 5.55. The maximum Gasteiger partial charge on any atom is 0.415 e. The second-order valence-corrected chi connectivity index (χ2v) is 10.2. The van der Waals surface area contributed by atoms with E-state index < -0.39 is 0 Å². The molecule has 6 nitrogen and oxygen atoms in total. The largest absolute Gasteiger partial charge is 0.415 e. The molecule has 1 aliphatic carbocycles. The van der Waals surface area contributed by atoms with Gasteiger partial charge in [-0.1, -0.05) is 80.8 Å². The number of unbranched alkanes of at least 4 members (excludes halogenated alkanes) is 1. The van der Waals surface area contributed by atoms with Gasteiger partial charge < -0.3 is 15.0 Å². The molecule has 1 N–H and O–H groups in total. The Morgan fingerprint density at radius 3 is 2.50 bits per heavy atom. The van der Waals surface area contributed by atoms with Gasteiger partial charge in [0.1, 0.15) is 0 Å². The maximum atomic E-state index is 13.3. The van der Waals surface area contributed by atoms with E-state index in [9.17, 15) is 9.59 Å². The molecule has 0 radical (unpaired) electrons. The molecule has 0 bridgehead atoms. The third-order valence-corrected chi connectivity index (χ3v) is 7.42. The Labute approximate surface area is 226 Å². The number of rotatable bonds is 10. The van der Waals surface area contributed by atoms with Crippen molar-refractivity contribution in [3.05, 3.63) is 95.8 Å². The van der Waals surface area contributed by atoms with Gasteiger partial charge in [0, 0.05) is 25.2 Å². The highest BCUT2D eigenvalue weighted by Gasteiger charge is 2.32. The average molecular weight is 514 g/mol. The van der Waals surface area contributed by atoms with E-state index in [1.807, 2.05) is 25.1 Å². The zero-order valence-corrected chi connectivity index (χ0v) is 22.5. The van der Waals surface area contributed by atoms with Gasteiger partial charge in [0.15, 0.2) is 5.75 Å². The van der Waals surface area contributed by atoms with Crippen molar-refractivity contribution in [2.75, 3.05) is 6.54 Å². The molecule has 1 aliphatic rings. The molecule has 0 spiro atoms. The van der Waals surface area contributed by atoms with E-state index in [1.165, 1.54) is 5.56 Å². The van der Waals surface area contributed by atoms with E-state index in [2.05, 4.69) is 53.6 Å². The topological polar surface area (TPSA) is 71.5 Å². The molecular formula is C32H39N3O3. The molecule has 200 valence electrons. The summed E-state index contributed by atoms with van der Waals surface area (Å²) in [6.07, 6.45) is 8.85. The van der Waals surface area contributed by atoms with Crippen LogP contribution in [0.4, 0.5) is 4.79 Å². The Kier molecular flexibility index (Phi) is 9.90. The minimum absolute atomic E-state index is 0.0193. The smallest absolute Gasteiger partial charge is 0.409 e. The normalized spacial score (nSPS) is 17.8. The van der Waals surface area contributed by atoms with Crippen LogP contribution in [0.5, 0.6) is 5.75 Å². The van der Waals surface area contributed by atoms with E-state index in [0.717, 1.165) is 49.7 Å². The Morgan fingerprint density at radius 1 is 1.03 bits per heavy atom. The van der Waals surface area contributed by atoms with Crippen molar-refractivity contribution in [2.45, 2.75) is 70.9 Å². The molecule has 6 heteroatoms. The van der Waals surface area contributed by atoms with Crippen LogP contribution in [-0.2, 0) is 11.3 Å². The molecule has 1 aromatic heterocycles. The minimum atomic E-state index is -0.368. The Balaban J connectivity index is 1.41. The van der Waals surface area contributed by atoms with Crippen molar-refractivity contribution in [2.24, 2.45) is 5.92 Å². The number of hydrogen-bond acceptors (Lipinski definition) is 4. The maximum absolute atomic E-state index is 13.3. The molecule has 1 unspecified atom stereocenters. The van der Waals surface area contributed by atoms with E-state index >= 15 is 0 Å². The van der Waals surface area contributed by atoms with Crippen LogP contribution in [0.2, 0.25) is 0 Å². The molecule has 3 aromatic rings. The Hall–Kier alpha value is -3.67. The van der Waals surface area contributed by atoms with Gasteiger partial charge >= 0.3 is 6.09 Å². The molecule has 2 amide bonds. The lowest BCUT2D eigenvalue weighted by Gasteiger charge is -2.32. The molecule has 4 rings (SSSR count). The summed E-state index contributed by atoms with van der Waals surface area (Å²) in [6.45, 7) is 5.25. The standard InChI is InChI=1S/C32H39N3O3/c1-3-4-21-35(32(37)38-28-13-10-20-33-22-28)23-25-16-18-27(19-17-25)29-14-8-9-15-30(29)31(36)34-24(2)26-11-6-5-7-12-26/h5-7,10-13,16-20,22,24,29-30H,3-4,8-9,14-15,21,23H2,1-2H3,(H,34,36)/t24-,29+,30?/m0/s1. The second-order valence-electron chi connectivity index (χ2n) is 10.2. The number of carbonyl (C=O) groups is 2. The fourth-order valence-corrected chi connectivity index (χ4v) is 5.24. The SMILES string of the molecule is CCCCN(Cc1ccc([C@H]2CCCCC2C(=O)N[C@@H](C)c2ccccc2)cc1)C(=O)Oc1cccnc1. The number of carbonyl (C=O) groups excluding carboxylic acids is 2. The summed E-state index contributed by atoms with van der Waals surface area (Å²) in [6, 6.07) is 22.0. The number of nitrogens with zero attached hydrogens (tertiary/aromatic N) is 2. The van der Waals surface area contributed by atoms with Crippen molar-refractivity contribution in [1.29, 1.82) is 0 Å². The van der Waals surface area contributed by atoms with Crippen LogP contribution in [0.3, 0.4) is 0 Å². The van der Waals surface area contributed by atoms with Crippen LogP contribution in [0.1, 0.15) is 81.0 Å². The van der Waals surface area contributed by atoms with Crippen molar-refractivity contribution < 1.29 is 14.3 Å². The summed E-state index contributed by atoms with van der Waals surface area (Å²) in [5.41, 5.74) is 3.36. The first-order valence-electron chi connectivity index (χ1n) is 13.9. The van der Waals surface area contributed by atoms with Crippen LogP contribution in [0.25, 0.3) is 0 Å². The summed E-state index contributed by atoms with van der Waals surface area (Å²) in [7, 11) is 0. The van der Waals surface area contributed by atoms with Crippen LogP contribution < -0.4 is 10.1 Å². The fourth-order valence-electron chi connectivity index (χ4n) is 5.24. The van der Waals surface area contributed by atoms with Gasteiger partial charge in [0.2, 0.25) is 5.91 Å². The first-order chi connectivity index (χ1) is 18.5. The lowest BCUT2D eigenvalue weighted by atomic mass is 9.74. The van der Waals surface area contributed by atoms with Crippen LogP contribution in [0, 0.1) is 5.92 Å². The molecule has 0 saturated heterocycles. The molecular weight excluding hydrogens is 474 g/mol. The highest BCUT2D eigenvalue weighted by molar-refractivity contribution is 5.80. The zero-order chi connectivity index (χ0) is 26.7. The monoisotopic (exact) mass is 513 g/mol. The summed E-state index contributed by atoms with van der Waals surface area (Å²) in [5.74, 6) is 0.750. The predicted molar refractivity (Wildman–Crippen MR) is 150 cm³/mol. The lowest BCUT2D eigenvalue weighted by molar-refractivity contribution is -0.127. The van der Waals surface area contributed by atoms with Gasteiger partial charge in [-0.05, 0) is 60.9 Å². The van der Waals surface area contributed by atoms with Crippen molar-refractivity contribution in [3.63, 3.8) is 0 Å². The molecule has 2 aromatic carbocycles. The van der Waals surface area contributed by atoms with Crippen LogP contribution in [-0.4, -0.2) is 28.4 Å². The summed E-state index contributed by atoms with van der Waals surface area (Å²) in [5, 5.41) is 3.25. The number of amides is 2. The van der Waals surface area contributed by atoms with Crippen LogP contribution >= 0.6 is 0 Å². The van der Waals surface area contributed by atoms with Crippen molar-refractivity contribution in [3.8, 4) is 5.75 Å². The predicted octanol–water partition coefficient (Wildman–Crippen LogP) is 7.03. The number of aromatic nitrogens is 1. The molecule has 38 heavy (non-hydrogen) atoms. The van der Waals surface area contributed by atoms with Crippen molar-refractivity contribution in [1.82, 2.24) is 15.2 Å². The molecule has 1 heterocycles. The van der Waals surface area contributed by atoms with Crippen molar-refractivity contribution >= 4 is 12.0 Å². The van der Waals surface area contributed by atoms with Gasteiger partial charge in [-0.3, -0.25) is 9.78 Å². The first-order valence-corrected chi connectivity index (χ1v) is 13.9. The number of pyridine rings is 1. The van der Waals surface area contributed by atoms with E-state index in [0.29, 0.717) is 18.8 Å². The lowest BCUT2D eigenvalue weighted by Crippen LogP contribution is -2.37. The number of ether oxygens (including phenoxy) is 1. The quantitative estimate of drug-likeness (QED) is 0.316. The van der Waals surface area contributed by atoms with Gasteiger partial charge in [-0.2, -0.15) is 0 Å². The molecule has 1 saturated carbocycles.